The molecule has 0 radical (unpaired) electrons. The Hall–Kier alpha value is -8.02. The Morgan fingerprint density at radius 2 is 1.06 bits per heavy atom. The summed E-state index contributed by atoms with van der Waals surface area (Å²) >= 11 is 0. The van der Waals surface area contributed by atoms with Crippen LogP contribution in [-0.2, 0) is 38.3 Å². The quantitative estimate of drug-likeness (QED) is 0.0251. The summed E-state index contributed by atoms with van der Waals surface area (Å²) in [7, 11) is 1.32. The Kier molecular flexibility index (Phi) is 20.6. The number of carbonyl (C=O) groups excluding carboxylic acids is 2. The van der Waals surface area contributed by atoms with Gasteiger partial charge in [0.25, 0.3) is 0 Å². The van der Waals surface area contributed by atoms with Gasteiger partial charge in [-0.15, -0.1) is 19.3 Å². The fourth-order valence-electron chi connectivity index (χ4n) is 8.66. The highest BCUT2D eigenvalue weighted by atomic mass is 16.7. The molecule has 24 nitrogen and oxygen atoms in total. The van der Waals surface area contributed by atoms with Crippen molar-refractivity contribution in [3.05, 3.63) is 67.4 Å². The van der Waals surface area contributed by atoms with Gasteiger partial charge < -0.3 is 67.4 Å². The van der Waals surface area contributed by atoms with Crippen molar-refractivity contribution in [2.24, 2.45) is 22.1 Å². The highest BCUT2D eigenvalue weighted by Gasteiger charge is 2.53. The number of terminal acetylenes is 3. The fraction of sp³-hybridized carbons (Fsp3) is 0.481. The monoisotopic (exact) mass is 1090 g/mol. The molecule has 2 saturated heterocycles. The van der Waals surface area contributed by atoms with Crippen LogP contribution in [0.3, 0.4) is 0 Å². The number of nitrogens with one attached hydrogen (secondary N) is 2. The third kappa shape index (κ3) is 13.2. The summed E-state index contributed by atoms with van der Waals surface area (Å²) in [5, 5.41) is 51.7. The van der Waals surface area contributed by atoms with Crippen molar-refractivity contribution in [2.75, 3.05) is 26.9 Å². The number of ether oxygens (including phenoxy) is 6. The predicted octanol–water partition coefficient (Wildman–Crippen LogP) is 5.48. The maximum Gasteiger partial charge on any atom is 0.431 e. The zero-order valence-electron chi connectivity index (χ0n) is 44.9. The molecule has 0 aliphatic carbocycles. The van der Waals surface area contributed by atoms with Crippen molar-refractivity contribution in [3.8, 4) is 60.0 Å². The first-order valence-electron chi connectivity index (χ1n) is 24.3. The molecule has 2 aromatic carbocycles. The molecule has 6 N–H and O–H groups in total. The van der Waals surface area contributed by atoms with Crippen LogP contribution in [0.5, 0.6) is 23.0 Å². The lowest BCUT2D eigenvalue weighted by molar-refractivity contribution is -0.290. The van der Waals surface area contributed by atoms with E-state index in [1.807, 2.05) is 27.7 Å². The van der Waals surface area contributed by atoms with Gasteiger partial charge >= 0.3 is 23.4 Å². The lowest BCUT2D eigenvalue weighted by Gasteiger charge is -2.48. The van der Waals surface area contributed by atoms with Crippen LogP contribution in [0, 0.1) is 62.7 Å². The topological polar surface area (TPSA) is 317 Å². The number of nitrogens with zero attached hydrogens (tertiary/aromatic N) is 2. The Morgan fingerprint density at radius 3 is 1.42 bits per heavy atom. The Balaban J connectivity index is 0.000000288. The van der Waals surface area contributed by atoms with Gasteiger partial charge in [0.15, 0.2) is 18.8 Å². The van der Waals surface area contributed by atoms with Crippen LogP contribution < -0.4 is 31.7 Å². The second-order valence-electron chi connectivity index (χ2n) is 18.4. The third-order valence-electron chi connectivity index (χ3n) is 13.7. The summed E-state index contributed by atoms with van der Waals surface area (Å²) in [6, 6.07) is 6.05. The zero-order chi connectivity index (χ0) is 57.8. The standard InChI is InChI=1S/C28H32N2O10.C26H32N2O10/c1-8-13-35-29-17(6)20-21(31)18-11-12-19(15(4)23(18)38-25(20)33)37-26-22(32)24(16(5)28(7,10-3)40-26)39-27(34)30-36-14-9-2;1-8-12-34-28-25(32)37-22-14(4)26(6,9-2)38-24(20(22)30)35-17-11-10-16-19(29)18(15(5)27-33-7)23(31)36-21(16)13(17)3/h1-2,11-12,16,22,24,26,31-32H,10,13-14H2,3-7H3,(H,30,34);1,10-11,14,20,22,24,29-30H,9,12H2,2-7H3,(H,28,32)/b29-17+;27-15+/t16-,22-,24-,26?,28+;14-,20-,22-,24?,26+/m11/s1. The van der Waals surface area contributed by atoms with Crippen molar-refractivity contribution >= 4 is 45.5 Å². The predicted molar refractivity (Wildman–Crippen MR) is 279 cm³/mol. The van der Waals surface area contributed by atoms with Crippen molar-refractivity contribution in [3.63, 3.8) is 0 Å². The molecule has 2 aliphatic heterocycles. The number of hydroxylamine groups is 2. The van der Waals surface area contributed by atoms with Gasteiger partial charge in [0.05, 0.1) is 33.4 Å². The SMILES string of the molecule is C#CCO/N=C(\C)c1c(O)c2ccc(OC3O[C@@](C)(CC)[C@H](C)[C@@H](OC(=O)NOCC#C)[C@H]3O)c(C)c2oc1=O.C#CCONC(=O)O[C@@H]1[C@@H](C)[C@](C)(CC)OC(Oc2ccc3c(O)c(/C(C)=N/OC)c(=O)oc3c2C)[C@@H]1O. The number of aliphatic hydroxyl groups is 2. The minimum absolute atomic E-state index is 0.0517. The molecule has 24 heteroatoms. The molecule has 0 spiro atoms. The number of aliphatic hydroxyl groups excluding tert-OH is 2. The average Bonchev–Trinajstić information content (AvgIpc) is 3.49. The number of oxime groups is 2. The third-order valence-corrected chi connectivity index (χ3v) is 13.7. The van der Waals surface area contributed by atoms with Gasteiger partial charge in [0, 0.05) is 23.0 Å². The van der Waals surface area contributed by atoms with Crippen molar-refractivity contribution in [1.82, 2.24) is 11.0 Å². The number of amides is 2. The largest absolute Gasteiger partial charge is 0.506 e. The van der Waals surface area contributed by atoms with Gasteiger partial charge in [-0.05, 0) is 78.6 Å². The van der Waals surface area contributed by atoms with E-state index in [1.165, 1.54) is 45.2 Å². The van der Waals surface area contributed by atoms with Crippen LogP contribution in [0.15, 0.2) is 53.0 Å². The number of benzene rings is 2. The molecule has 0 bridgehead atoms. The molecular formula is C54H64N4O20. The van der Waals surface area contributed by atoms with E-state index in [2.05, 4.69) is 39.0 Å². The van der Waals surface area contributed by atoms with E-state index in [4.69, 9.17) is 75.9 Å². The molecule has 2 fully saturated rings. The van der Waals surface area contributed by atoms with Crippen molar-refractivity contribution in [1.29, 1.82) is 0 Å². The van der Waals surface area contributed by atoms with Crippen LogP contribution in [0.2, 0.25) is 0 Å². The van der Waals surface area contributed by atoms with Crippen molar-refractivity contribution < 1.29 is 86.6 Å². The van der Waals surface area contributed by atoms with E-state index < -0.39 is 83.5 Å². The van der Waals surface area contributed by atoms with Crippen LogP contribution in [0.1, 0.15) is 90.5 Å². The molecule has 420 valence electrons. The van der Waals surface area contributed by atoms with Gasteiger partial charge in [0.1, 0.15) is 77.8 Å². The lowest BCUT2D eigenvalue weighted by atomic mass is 9.79. The van der Waals surface area contributed by atoms with Crippen molar-refractivity contribution in [2.45, 2.75) is 130 Å². The molecule has 2 aromatic heterocycles. The molecule has 2 aliphatic rings. The Morgan fingerprint density at radius 1 is 0.679 bits per heavy atom. The summed E-state index contributed by atoms with van der Waals surface area (Å²) in [6.45, 7) is 16.7. The highest BCUT2D eigenvalue weighted by Crippen LogP contribution is 2.43. The van der Waals surface area contributed by atoms with Crippen LogP contribution in [0.4, 0.5) is 9.59 Å². The van der Waals surface area contributed by atoms with E-state index in [1.54, 1.807) is 27.7 Å². The average molecular weight is 1090 g/mol. The molecule has 6 rings (SSSR count). The van der Waals surface area contributed by atoms with E-state index >= 15 is 0 Å². The van der Waals surface area contributed by atoms with Crippen LogP contribution >= 0.6 is 0 Å². The molecule has 78 heavy (non-hydrogen) atoms. The molecular weight excluding hydrogens is 1020 g/mol. The van der Waals surface area contributed by atoms with E-state index in [-0.39, 0.29) is 87.3 Å². The van der Waals surface area contributed by atoms with Crippen LogP contribution in [0.25, 0.3) is 21.9 Å². The van der Waals surface area contributed by atoms with Gasteiger partial charge in [-0.1, -0.05) is 55.8 Å². The summed E-state index contributed by atoms with van der Waals surface area (Å²) in [5.74, 6) is 5.51. The molecule has 10 atom stereocenters. The number of hydrogen-bond acceptors (Lipinski definition) is 22. The van der Waals surface area contributed by atoms with Gasteiger partial charge in [-0.3, -0.25) is 9.68 Å². The number of rotatable bonds is 17. The summed E-state index contributed by atoms with van der Waals surface area (Å²) in [5.41, 5.74) is 1.52. The lowest BCUT2D eigenvalue weighted by Crippen LogP contribution is -2.62. The van der Waals surface area contributed by atoms with E-state index in [9.17, 15) is 39.6 Å². The van der Waals surface area contributed by atoms with E-state index in [0.29, 0.717) is 24.0 Å². The minimum Gasteiger partial charge on any atom is -0.506 e. The first-order valence-corrected chi connectivity index (χ1v) is 24.3. The second-order valence-corrected chi connectivity index (χ2v) is 18.4. The normalized spacial score (nSPS) is 25.0. The number of aromatic hydroxyl groups is 2. The number of carbonyl (C=O) groups is 2. The first-order chi connectivity index (χ1) is 37.0. The molecule has 2 amide bonds. The number of fused-ring (bicyclic) bond motifs is 2. The first kappa shape index (κ1) is 60.8. The van der Waals surface area contributed by atoms with Crippen LogP contribution in [-0.4, -0.2) is 119 Å². The maximum atomic E-state index is 12.7. The Bertz CT molecular complexity index is 3150. The zero-order valence-corrected chi connectivity index (χ0v) is 44.9. The summed E-state index contributed by atoms with van der Waals surface area (Å²) in [6.07, 6.45) is 7.07. The smallest absolute Gasteiger partial charge is 0.431 e. The molecule has 4 heterocycles. The molecule has 2 unspecified atom stereocenters. The maximum absolute atomic E-state index is 12.7. The van der Waals surface area contributed by atoms with Gasteiger partial charge in [0.2, 0.25) is 12.6 Å². The minimum atomic E-state index is -1.41. The summed E-state index contributed by atoms with van der Waals surface area (Å²) in [4.78, 5) is 69.0. The summed E-state index contributed by atoms with van der Waals surface area (Å²) < 4.78 is 46.2. The molecule has 4 aromatic rings. The van der Waals surface area contributed by atoms with E-state index in [0.717, 1.165) is 0 Å². The van der Waals surface area contributed by atoms with Gasteiger partial charge in [-0.25, -0.2) is 19.2 Å². The van der Waals surface area contributed by atoms with Gasteiger partial charge in [-0.2, -0.15) is 11.0 Å². The second kappa shape index (κ2) is 26.4. The Labute approximate surface area is 448 Å². The number of aryl methyl sites for hydroxylation is 2. The highest BCUT2D eigenvalue weighted by molar-refractivity contribution is 6.05. The fourth-order valence-corrected chi connectivity index (χ4v) is 8.66. The molecule has 0 saturated carbocycles. The number of hydrogen-bond donors (Lipinski definition) is 6.